The van der Waals surface area contributed by atoms with Gasteiger partial charge in [-0.25, -0.2) is 4.98 Å². The molecule has 0 aliphatic carbocycles. The molecule has 0 aliphatic heterocycles. The van der Waals surface area contributed by atoms with Gasteiger partial charge in [0.15, 0.2) is 0 Å². The largest absolute Gasteiger partial charge is 0.472 e. The predicted molar refractivity (Wildman–Crippen MR) is 71.4 cm³/mol. The fraction of sp³-hybridized carbons (Fsp3) is 0.500. The Hall–Kier alpha value is -1.20. The second kappa shape index (κ2) is 6.51. The summed E-state index contributed by atoms with van der Waals surface area (Å²) in [6, 6.07) is 3.68. The second-order valence-corrected chi connectivity index (χ2v) is 4.20. The molecular formula is C12H18N2O2S. The first-order valence-corrected chi connectivity index (χ1v) is 5.97. The summed E-state index contributed by atoms with van der Waals surface area (Å²) in [6.45, 7) is 6.94. The molecule has 1 unspecified atom stereocenters. The lowest BCUT2D eigenvalue weighted by molar-refractivity contribution is 0.0632. The first-order chi connectivity index (χ1) is 8.04. The Bertz CT molecular complexity index is 396. The second-order valence-electron chi connectivity index (χ2n) is 3.76. The maximum Gasteiger partial charge on any atom is 0.224 e. The Labute approximate surface area is 107 Å². The van der Waals surface area contributed by atoms with E-state index in [0.29, 0.717) is 24.7 Å². The summed E-state index contributed by atoms with van der Waals surface area (Å²) in [5.74, 6) is 0.477. The van der Waals surface area contributed by atoms with Crippen LogP contribution in [-0.2, 0) is 4.74 Å². The molecule has 4 nitrogen and oxygen atoms in total. The quantitative estimate of drug-likeness (QED) is 0.785. The van der Waals surface area contributed by atoms with E-state index < -0.39 is 0 Å². The van der Waals surface area contributed by atoms with Gasteiger partial charge in [-0.1, -0.05) is 12.2 Å². The third-order valence-corrected chi connectivity index (χ3v) is 2.35. The zero-order valence-corrected chi connectivity index (χ0v) is 11.2. The molecule has 5 heteroatoms. The van der Waals surface area contributed by atoms with Crippen molar-refractivity contribution in [3.8, 4) is 5.88 Å². The molecule has 1 heterocycles. The average Bonchev–Trinajstić information content (AvgIpc) is 2.26. The smallest absolute Gasteiger partial charge is 0.224 e. The number of nitrogens with zero attached hydrogens (tertiary/aromatic N) is 1. The molecule has 1 rings (SSSR count). The van der Waals surface area contributed by atoms with Crippen LogP contribution in [0.4, 0.5) is 0 Å². The molecule has 2 N–H and O–H groups in total. The molecule has 0 saturated heterocycles. The SMILES string of the molecule is CCOCC(C)Oc1nc(C)ccc1C(N)=S. The van der Waals surface area contributed by atoms with E-state index in [0.717, 1.165) is 5.69 Å². The lowest BCUT2D eigenvalue weighted by atomic mass is 10.2. The molecule has 1 aromatic rings. The number of thiocarbonyl (C=S) groups is 1. The Morgan fingerprint density at radius 3 is 2.82 bits per heavy atom. The van der Waals surface area contributed by atoms with Crippen molar-refractivity contribution in [3.05, 3.63) is 23.4 Å². The lowest BCUT2D eigenvalue weighted by Gasteiger charge is -2.16. The van der Waals surface area contributed by atoms with Gasteiger partial charge < -0.3 is 15.2 Å². The van der Waals surface area contributed by atoms with Crippen LogP contribution in [0.5, 0.6) is 5.88 Å². The third kappa shape index (κ3) is 4.28. The van der Waals surface area contributed by atoms with E-state index in [4.69, 9.17) is 27.4 Å². The van der Waals surface area contributed by atoms with Gasteiger partial charge in [0.2, 0.25) is 5.88 Å². The van der Waals surface area contributed by atoms with E-state index in [1.54, 1.807) is 0 Å². The Balaban J connectivity index is 2.81. The van der Waals surface area contributed by atoms with Gasteiger partial charge in [0, 0.05) is 12.3 Å². The van der Waals surface area contributed by atoms with Gasteiger partial charge in [-0.05, 0) is 32.9 Å². The van der Waals surface area contributed by atoms with Crippen LogP contribution in [0, 0.1) is 6.92 Å². The van der Waals surface area contributed by atoms with E-state index in [9.17, 15) is 0 Å². The number of nitrogens with two attached hydrogens (primary N) is 1. The van der Waals surface area contributed by atoms with E-state index in [1.807, 2.05) is 32.9 Å². The highest BCUT2D eigenvalue weighted by Crippen LogP contribution is 2.17. The van der Waals surface area contributed by atoms with Gasteiger partial charge in [0.05, 0.1) is 12.2 Å². The Morgan fingerprint density at radius 2 is 2.24 bits per heavy atom. The van der Waals surface area contributed by atoms with Crippen LogP contribution in [0.2, 0.25) is 0 Å². The molecule has 0 saturated carbocycles. The van der Waals surface area contributed by atoms with Crippen molar-refractivity contribution in [2.75, 3.05) is 13.2 Å². The molecule has 0 spiro atoms. The molecule has 1 atom stereocenters. The van der Waals surface area contributed by atoms with Gasteiger partial charge in [-0.15, -0.1) is 0 Å². The Kier molecular flexibility index (Phi) is 5.31. The summed E-state index contributed by atoms with van der Waals surface area (Å²) in [5, 5.41) is 0. The minimum absolute atomic E-state index is 0.0858. The fourth-order valence-electron chi connectivity index (χ4n) is 1.32. The molecule has 0 aromatic carbocycles. The highest BCUT2D eigenvalue weighted by molar-refractivity contribution is 7.80. The molecular weight excluding hydrogens is 236 g/mol. The minimum atomic E-state index is -0.0858. The molecule has 17 heavy (non-hydrogen) atoms. The number of pyridine rings is 1. The van der Waals surface area contributed by atoms with Crippen LogP contribution < -0.4 is 10.5 Å². The van der Waals surface area contributed by atoms with E-state index >= 15 is 0 Å². The topological polar surface area (TPSA) is 57.4 Å². The van der Waals surface area contributed by atoms with Crippen molar-refractivity contribution in [2.45, 2.75) is 26.9 Å². The zero-order valence-electron chi connectivity index (χ0n) is 10.4. The van der Waals surface area contributed by atoms with E-state index in [1.165, 1.54) is 0 Å². The fourth-order valence-corrected chi connectivity index (χ4v) is 1.47. The van der Waals surface area contributed by atoms with E-state index in [2.05, 4.69) is 4.98 Å². The Morgan fingerprint density at radius 1 is 1.53 bits per heavy atom. The van der Waals surface area contributed by atoms with Crippen molar-refractivity contribution >= 4 is 17.2 Å². The van der Waals surface area contributed by atoms with Crippen molar-refractivity contribution in [1.82, 2.24) is 4.98 Å². The highest BCUT2D eigenvalue weighted by atomic mass is 32.1. The average molecular weight is 254 g/mol. The normalized spacial score (nSPS) is 12.2. The first-order valence-electron chi connectivity index (χ1n) is 5.56. The maximum atomic E-state index is 5.69. The van der Waals surface area contributed by atoms with Crippen LogP contribution in [0.15, 0.2) is 12.1 Å². The van der Waals surface area contributed by atoms with Gasteiger partial charge in [0.1, 0.15) is 11.1 Å². The number of ether oxygens (including phenoxy) is 2. The molecule has 0 aliphatic rings. The van der Waals surface area contributed by atoms with Crippen LogP contribution >= 0.6 is 12.2 Å². The molecule has 0 radical (unpaired) electrons. The van der Waals surface area contributed by atoms with Gasteiger partial charge in [0.25, 0.3) is 0 Å². The maximum absolute atomic E-state index is 5.69. The molecule has 0 amide bonds. The van der Waals surface area contributed by atoms with Crippen molar-refractivity contribution in [3.63, 3.8) is 0 Å². The minimum Gasteiger partial charge on any atom is -0.472 e. The van der Waals surface area contributed by atoms with Crippen molar-refractivity contribution in [2.24, 2.45) is 5.73 Å². The lowest BCUT2D eigenvalue weighted by Crippen LogP contribution is -2.22. The van der Waals surface area contributed by atoms with Gasteiger partial charge >= 0.3 is 0 Å². The number of hydrogen-bond acceptors (Lipinski definition) is 4. The van der Waals surface area contributed by atoms with Crippen LogP contribution in [0.3, 0.4) is 0 Å². The summed E-state index contributed by atoms with van der Waals surface area (Å²) in [5.41, 5.74) is 7.15. The van der Waals surface area contributed by atoms with Crippen molar-refractivity contribution < 1.29 is 9.47 Å². The van der Waals surface area contributed by atoms with Crippen LogP contribution in [-0.4, -0.2) is 29.3 Å². The van der Waals surface area contributed by atoms with Crippen LogP contribution in [0.25, 0.3) is 0 Å². The van der Waals surface area contributed by atoms with E-state index in [-0.39, 0.29) is 11.1 Å². The van der Waals surface area contributed by atoms with Crippen LogP contribution in [0.1, 0.15) is 25.1 Å². The number of rotatable bonds is 6. The summed E-state index contributed by atoms with van der Waals surface area (Å²) < 4.78 is 11.0. The summed E-state index contributed by atoms with van der Waals surface area (Å²) >= 11 is 4.96. The molecule has 1 aromatic heterocycles. The monoisotopic (exact) mass is 254 g/mol. The standard InChI is InChI=1S/C12H18N2O2S/c1-4-15-7-9(3)16-12-10(11(13)17)6-5-8(2)14-12/h5-6,9H,4,7H2,1-3H3,(H2,13,17). The predicted octanol–water partition coefficient (Wildman–Crippen LogP) is 1.83. The highest BCUT2D eigenvalue weighted by Gasteiger charge is 2.12. The van der Waals surface area contributed by atoms with Crippen molar-refractivity contribution in [1.29, 1.82) is 0 Å². The molecule has 0 fully saturated rings. The number of aromatic nitrogens is 1. The number of aryl methyl sites for hydroxylation is 1. The first kappa shape index (κ1) is 13.9. The van der Waals surface area contributed by atoms with Gasteiger partial charge in [-0.3, -0.25) is 0 Å². The summed E-state index contributed by atoms with van der Waals surface area (Å²) in [7, 11) is 0. The molecule has 94 valence electrons. The summed E-state index contributed by atoms with van der Waals surface area (Å²) in [4.78, 5) is 4.59. The third-order valence-electron chi connectivity index (χ3n) is 2.13. The zero-order chi connectivity index (χ0) is 12.8. The molecule has 0 bridgehead atoms. The van der Waals surface area contributed by atoms with Gasteiger partial charge in [-0.2, -0.15) is 0 Å². The number of hydrogen-bond donors (Lipinski definition) is 1. The summed E-state index contributed by atoms with van der Waals surface area (Å²) in [6.07, 6.45) is -0.0858.